The second-order valence-corrected chi connectivity index (χ2v) is 8.34. The third-order valence-electron chi connectivity index (χ3n) is 5.56. The number of morpholine rings is 1. The molecule has 10 heteroatoms. The van der Waals surface area contributed by atoms with Crippen molar-refractivity contribution in [3.8, 4) is 22.5 Å². The van der Waals surface area contributed by atoms with Gasteiger partial charge in [0.15, 0.2) is 0 Å². The van der Waals surface area contributed by atoms with Crippen molar-refractivity contribution >= 4 is 35.0 Å². The van der Waals surface area contributed by atoms with Crippen molar-refractivity contribution in [3.05, 3.63) is 77.8 Å². The number of rotatable bonds is 5. The molecule has 1 saturated heterocycles. The molecule has 1 fully saturated rings. The predicted octanol–water partition coefficient (Wildman–Crippen LogP) is 5.41. The van der Waals surface area contributed by atoms with Crippen LogP contribution in [0, 0.1) is 5.82 Å². The molecule has 1 aliphatic rings. The van der Waals surface area contributed by atoms with E-state index in [1.165, 1.54) is 6.07 Å². The van der Waals surface area contributed by atoms with E-state index in [1.54, 1.807) is 48.8 Å². The van der Waals surface area contributed by atoms with Crippen LogP contribution < -0.4 is 15.5 Å². The van der Waals surface area contributed by atoms with Gasteiger partial charge in [-0.05, 0) is 54.6 Å². The molecule has 0 unspecified atom stereocenters. The molecule has 2 aromatic carbocycles. The minimum absolute atomic E-state index is 0.0329. The molecular weight excluding hydrogens is 471 g/mol. The summed E-state index contributed by atoms with van der Waals surface area (Å²) in [6, 6.07) is 14.3. The summed E-state index contributed by atoms with van der Waals surface area (Å²) >= 11 is 5.88. The molecule has 2 amide bonds. The van der Waals surface area contributed by atoms with Gasteiger partial charge in [0.25, 0.3) is 0 Å². The summed E-state index contributed by atoms with van der Waals surface area (Å²) in [7, 11) is 0. The first-order valence-corrected chi connectivity index (χ1v) is 11.4. The van der Waals surface area contributed by atoms with Crippen LogP contribution in [0.5, 0.6) is 0 Å². The summed E-state index contributed by atoms with van der Waals surface area (Å²) < 4.78 is 20.1. The van der Waals surface area contributed by atoms with E-state index in [0.29, 0.717) is 54.2 Å². The zero-order chi connectivity index (χ0) is 24.2. The summed E-state index contributed by atoms with van der Waals surface area (Å²) in [6.45, 7) is 2.66. The van der Waals surface area contributed by atoms with Crippen LogP contribution in [-0.4, -0.2) is 47.3 Å². The highest BCUT2D eigenvalue weighted by Gasteiger charge is 2.21. The van der Waals surface area contributed by atoms with Gasteiger partial charge in [0.1, 0.15) is 5.82 Å². The number of aromatic nitrogens is 3. The highest BCUT2D eigenvalue weighted by Crippen LogP contribution is 2.34. The van der Waals surface area contributed by atoms with E-state index >= 15 is 0 Å². The molecule has 1 aliphatic heterocycles. The maximum Gasteiger partial charge on any atom is 0.323 e. The van der Waals surface area contributed by atoms with Crippen LogP contribution in [0.4, 0.5) is 26.5 Å². The number of halogens is 2. The second kappa shape index (κ2) is 10.1. The van der Waals surface area contributed by atoms with Gasteiger partial charge in [-0.25, -0.2) is 14.2 Å². The number of urea groups is 1. The van der Waals surface area contributed by atoms with Crippen LogP contribution in [0.3, 0.4) is 0 Å². The number of ether oxygens (including phenoxy) is 1. The first-order valence-electron chi connectivity index (χ1n) is 11.0. The number of amides is 2. The van der Waals surface area contributed by atoms with Crippen molar-refractivity contribution in [1.29, 1.82) is 0 Å². The number of aromatic amines is 1. The van der Waals surface area contributed by atoms with Crippen molar-refractivity contribution < 1.29 is 13.9 Å². The molecule has 0 bridgehead atoms. The smallest absolute Gasteiger partial charge is 0.323 e. The van der Waals surface area contributed by atoms with Crippen molar-refractivity contribution in [1.82, 2.24) is 15.0 Å². The number of carbonyl (C=O) groups excluding carboxylic acids is 1. The standard InChI is InChI=1S/C25H22ClFN6O2/c26-18-2-4-19(5-3-18)29-25(34)30-21-15-17(1-6-20(21)27)23-22(16-7-9-28-10-8-16)31-24(32-23)33-11-13-35-14-12-33/h1-10,15H,11-14H2,(H,31,32)(H2,29,30,34). The molecular formula is C25H22ClFN6O2. The molecule has 3 heterocycles. The number of carbonyl (C=O) groups is 1. The zero-order valence-corrected chi connectivity index (χ0v) is 19.3. The lowest BCUT2D eigenvalue weighted by Gasteiger charge is -2.26. The summed E-state index contributed by atoms with van der Waals surface area (Å²) in [4.78, 5) is 26.9. The minimum atomic E-state index is -0.575. The van der Waals surface area contributed by atoms with Gasteiger partial charge < -0.3 is 25.3 Å². The first-order chi connectivity index (χ1) is 17.1. The van der Waals surface area contributed by atoms with Crippen LogP contribution >= 0.6 is 11.6 Å². The van der Waals surface area contributed by atoms with Crippen molar-refractivity contribution in [2.75, 3.05) is 41.8 Å². The number of nitrogens with zero attached hydrogens (tertiary/aromatic N) is 3. The fourth-order valence-electron chi connectivity index (χ4n) is 3.81. The topological polar surface area (TPSA) is 95.2 Å². The van der Waals surface area contributed by atoms with E-state index < -0.39 is 11.8 Å². The Morgan fingerprint density at radius 2 is 1.74 bits per heavy atom. The summed E-state index contributed by atoms with van der Waals surface area (Å²) in [5.74, 6) is 0.142. The van der Waals surface area contributed by atoms with Gasteiger partial charge in [-0.3, -0.25) is 4.98 Å². The molecule has 35 heavy (non-hydrogen) atoms. The SMILES string of the molecule is O=C(Nc1ccc(Cl)cc1)Nc1cc(-c2nc(N3CCOCC3)[nH]c2-c2ccncc2)ccc1F. The Morgan fingerprint density at radius 3 is 2.49 bits per heavy atom. The van der Waals surface area contributed by atoms with E-state index in [-0.39, 0.29) is 5.69 Å². The molecule has 0 spiro atoms. The fraction of sp³-hybridized carbons (Fsp3) is 0.160. The molecule has 4 aromatic rings. The van der Waals surface area contributed by atoms with E-state index in [4.69, 9.17) is 21.3 Å². The molecule has 5 rings (SSSR count). The number of benzene rings is 2. The lowest BCUT2D eigenvalue weighted by Crippen LogP contribution is -2.36. The first kappa shape index (κ1) is 22.8. The van der Waals surface area contributed by atoms with Crippen LogP contribution in [0.1, 0.15) is 0 Å². The molecule has 0 atom stereocenters. The number of pyridine rings is 1. The Morgan fingerprint density at radius 1 is 1.00 bits per heavy atom. The molecule has 2 aromatic heterocycles. The highest BCUT2D eigenvalue weighted by molar-refractivity contribution is 6.30. The summed E-state index contributed by atoms with van der Waals surface area (Å²) in [5.41, 5.74) is 3.52. The van der Waals surface area contributed by atoms with Crippen LogP contribution in [0.15, 0.2) is 67.0 Å². The number of hydrogen-bond acceptors (Lipinski definition) is 5. The number of nitrogens with one attached hydrogen (secondary N) is 3. The Hall–Kier alpha value is -3.95. The van der Waals surface area contributed by atoms with Crippen LogP contribution in [-0.2, 0) is 4.74 Å². The third-order valence-corrected chi connectivity index (χ3v) is 5.81. The van der Waals surface area contributed by atoms with Crippen LogP contribution in [0.2, 0.25) is 5.02 Å². The van der Waals surface area contributed by atoms with Gasteiger partial charge in [-0.2, -0.15) is 0 Å². The lowest BCUT2D eigenvalue weighted by molar-refractivity contribution is 0.122. The minimum Gasteiger partial charge on any atom is -0.378 e. The molecule has 178 valence electrons. The quantitative estimate of drug-likeness (QED) is 0.346. The van der Waals surface area contributed by atoms with Crippen LogP contribution in [0.25, 0.3) is 22.5 Å². The second-order valence-electron chi connectivity index (χ2n) is 7.90. The summed E-state index contributed by atoms with van der Waals surface area (Å²) in [5, 5.41) is 5.80. The zero-order valence-electron chi connectivity index (χ0n) is 18.6. The molecule has 0 saturated carbocycles. The van der Waals surface area contributed by atoms with E-state index in [0.717, 1.165) is 11.3 Å². The number of anilines is 3. The van der Waals surface area contributed by atoms with Gasteiger partial charge >= 0.3 is 6.03 Å². The van der Waals surface area contributed by atoms with Crippen molar-refractivity contribution in [2.24, 2.45) is 0 Å². The molecule has 8 nitrogen and oxygen atoms in total. The van der Waals surface area contributed by atoms with Gasteiger partial charge in [-0.1, -0.05) is 11.6 Å². The maximum absolute atomic E-state index is 14.6. The molecule has 3 N–H and O–H groups in total. The Kier molecular flexibility index (Phi) is 6.60. The normalized spacial score (nSPS) is 13.5. The third kappa shape index (κ3) is 5.26. The largest absolute Gasteiger partial charge is 0.378 e. The number of imidazole rings is 1. The predicted molar refractivity (Wildman–Crippen MR) is 134 cm³/mol. The number of H-pyrrole nitrogens is 1. The summed E-state index contributed by atoms with van der Waals surface area (Å²) in [6.07, 6.45) is 3.40. The maximum atomic E-state index is 14.6. The Balaban J connectivity index is 1.46. The Bertz CT molecular complexity index is 1320. The van der Waals surface area contributed by atoms with E-state index in [2.05, 4.69) is 25.5 Å². The Labute approximate surface area is 206 Å². The lowest BCUT2D eigenvalue weighted by atomic mass is 10.1. The number of hydrogen-bond donors (Lipinski definition) is 3. The van der Waals surface area contributed by atoms with Crippen molar-refractivity contribution in [3.63, 3.8) is 0 Å². The molecule has 0 aliphatic carbocycles. The monoisotopic (exact) mass is 492 g/mol. The van der Waals surface area contributed by atoms with Gasteiger partial charge in [0.05, 0.1) is 30.3 Å². The average Bonchev–Trinajstić information content (AvgIpc) is 3.33. The van der Waals surface area contributed by atoms with E-state index in [9.17, 15) is 9.18 Å². The molecule has 0 radical (unpaired) electrons. The highest BCUT2D eigenvalue weighted by atomic mass is 35.5. The fourth-order valence-corrected chi connectivity index (χ4v) is 3.93. The van der Waals surface area contributed by atoms with Gasteiger partial charge in [0, 0.05) is 47.3 Å². The van der Waals surface area contributed by atoms with Gasteiger partial charge in [-0.15, -0.1) is 0 Å². The average molecular weight is 493 g/mol. The van der Waals surface area contributed by atoms with Crippen molar-refractivity contribution in [2.45, 2.75) is 0 Å². The van der Waals surface area contributed by atoms with E-state index in [1.807, 2.05) is 12.1 Å². The van der Waals surface area contributed by atoms with Gasteiger partial charge in [0.2, 0.25) is 5.95 Å².